The van der Waals surface area contributed by atoms with Crippen LogP contribution in [0.5, 0.6) is 0 Å². The fourth-order valence-corrected chi connectivity index (χ4v) is 3.28. The highest BCUT2D eigenvalue weighted by molar-refractivity contribution is 4.95. The number of hydrogen-bond acceptors (Lipinski definition) is 7. The zero-order valence-corrected chi connectivity index (χ0v) is 13.8. The van der Waals surface area contributed by atoms with Gasteiger partial charge in [0.2, 0.25) is 0 Å². The van der Waals surface area contributed by atoms with E-state index in [-0.39, 0.29) is 12.2 Å². The summed E-state index contributed by atoms with van der Waals surface area (Å²) in [4.78, 5) is 27.8. The zero-order chi connectivity index (χ0) is 17.1. The van der Waals surface area contributed by atoms with Crippen LogP contribution in [0.3, 0.4) is 0 Å². The number of nitrogens with one attached hydrogen (secondary N) is 1. The van der Waals surface area contributed by atoms with Gasteiger partial charge in [-0.25, -0.2) is 4.79 Å². The topological polar surface area (TPSA) is 95.0 Å². The van der Waals surface area contributed by atoms with Gasteiger partial charge in [0.25, 0.3) is 5.56 Å². The summed E-state index contributed by atoms with van der Waals surface area (Å²) in [6, 6.07) is 1.29. The maximum Gasteiger partial charge on any atom is 0.330 e. The van der Waals surface area contributed by atoms with Gasteiger partial charge in [-0.2, -0.15) is 0 Å². The summed E-state index contributed by atoms with van der Waals surface area (Å²) in [6.45, 7) is 3.71. The highest BCUT2D eigenvalue weighted by Gasteiger charge is 2.47. The number of H-pyrrole nitrogens is 1. The smallest absolute Gasteiger partial charge is 0.330 e. The first-order valence-electron chi connectivity index (χ1n) is 7.96. The summed E-state index contributed by atoms with van der Waals surface area (Å²) in [5, 5.41) is 0. The van der Waals surface area contributed by atoms with Gasteiger partial charge in [-0.3, -0.25) is 19.2 Å². The van der Waals surface area contributed by atoms with Crippen LogP contribution in [0, 0.1) is 0 Å². The second-order valence-electron chi connectivity index (χ2n) is 5.90. The average Bonchev–Trinajstić information content (AvgIpc) is 2.92. The van der Waals surface area contributed by atoms with Gasteiger partial charge in [-0.15, -0.1) is 0 Å². The van der Waals surface area contributed by atoms with Gasteiger partial charge in [0, 0.05) is 46.1 Å². The molecule has 0 aromatic carbocycles. The third kappa shape index (κ3) is 3.45. The van der Waals surface area contributed by atoms with Crippen molar-refractivity contribution >= 4 is 0 Å². The number of ether oxygens (including phenoxy) is 4. The van der Waals surface area contributed by atoms with Crippen molar-refractivity contribution in [2.75, 3.05) is 47.1 Å². The van der Waals surface area contributed by atoms with Crippen LogP contribution in [0.25, 0.3) is 0 Å². The SMILES string of the molecule is COC1[C@@H](OC)[C@@H](CN2CCOCC2)O[C@H]1n1ccc(=O)[nH]c1=O. The second-order valence-corrected chi connectivity index (χ2v) is 5.90. The van der Waals surface area contributed by atoms with E-state index in [2.05, 4.69) is 9.88 Å². The van der Waals surface area contributed by atoms with E-state index >= 15 is 0 Å². The van der Waals surface area contributed by atoms with Crippen LogP contribution in [0.2, 0.25) is 0 Å². The first-order chi connectivity index (χ1) is 11.6. The van der Waals surface area contributed by atoms with Crippen molar-refractivity contribution in [1.82, 2.24) is 14.5 Å². The summed E-state index contributed by atoms with van der Waals surface area (Å²) in [5.41, 5.74) is -0.979. The van der Waals surface area contributed by atoms with Gasteiger partial charge in [0.1, 0.15) is 18.3 Å². The molecular weight excluding hydrogens is 318 g/mol. The third-order valence-corrected chi connectivity index (χ3v) is 4.50. The molecule has 0 amide bonds. The molecule has 24 heavy (non-hydrogen) atoms. The Morgan fingerprint density at radius 2 is 1.92 bits per heavy atom. The molecule has 1 aromatic heterocycles. The molecule has 2 fully saturated rings. The van der Waals surface area contributed by atoms with Gasteiger partial charge in [-0.1, -0.05) is 0 Å². The van der Waals surface area contributed by atoms with Crippen molar-refractivity contribution in [2.24, 2.45) is 0 Å². The van der Waals surface area contributed by atoms with E-state index in [0.717, 1.165) is 13.1 Å². The fraction of sp³-hybridized carbons (Fsp3) is 0.733. The molecule has 0 bridgehead atoms. The summed E-state index contributed by atoms with van der Waals surface area (Å²) in [6.07, 6.45) is -0.259. The molecule has 1 aromatic rings. The van der Waals surface area contributed by atoms with Crippen LogP contribution in [-0.2, 0) is 18.9 Å². The first kappa shape index (κ1) is 17.3. The lowest BCUT2D eigenvalue weighted by Crippen LogP contribution is -2.45. The van der Waals surface area contributed by atoms with Crippen molar-refractivity contribution in [3.8, 4) is 0 Å². The molecule has 2 saturated heterocycles. The lowest BCUT2D eigenvalue weighted by molar-refractivity contribution is -0.0642. The maximum absolute atomic E-state index is 12.1. The minimum Gasteiger partial charge on any atom is -0.379 e. The van der Waals surface area contributed by atoms with E-state index < -0.39 is 23.6 Å². The molecule has 3 heterocycles. The van der Waals surface area contributed by atoms with Crippen LogP contribution in [-0.4, -0.2) is 79.8 Å². The largest absolute Gasteiger partial charge is 0.379 e. The van der Waals surface area contributed by atoms with Gasteiger partial charge >= 0.3 is 5.69 Å². The van der Waals surface area contributed by atoms with Crippen LogP contribution in [0.15, 0.2) is 21.9 Å². The Labute approximate surface area is 139 Å². The number of hydrogen-bond donors (Lipinski definition) is 1. The minimum atomic E-state index is -0.657. The van der Waals surface area contributed by atoms with Gasteiger partial charge in [0.05, 0.1) is 13.2 Å². The summed E-state index contributed by atoms with van der Waals surface area (Å²) < 4.78 is 23.9. The molecule has 1 N–H and O–H groups in total. The van der Waals surface area contributed by atoms with Gasteiger partial charge in [-0.05, 0) is 0 Å². The lowest BCUT2D eigenvalue weighted by Gasteiger charge is -2.30. The number of methoxy groups -OCH3 is 2. The molecule has 1 unspecified atom stereocenters. The van der Waals surface area contributed by atoms with E-state index in [1.165, 1.54) is 16.8 Å². The van der Waals surface area contributed by atoms with Crippen molar-refractivity contribution in [1.29, 1.82) is 0 Å². The Balaban J connectivity index is 1.81. The molecule has 2 aliphatic rings. The quantitative estimate of drug-likeness (QED) is 0.718. The summed E-state index contributed by atoms with van der Waals surface area (Å²) in [7, 11) is 3.16. The van der Waals surface area contributed by atoms with E-state index in [4.69, 9.17) is 18.9 Å². The predicted molar refractivity (Wildman–Crippen MR) is 84.1 cm³/mol. The second kappa shape index (κ2) is 7.58. The number of aromatic amines is 1. The van der Waals surface area contributed by atoms with Crippen molar-refractivity contribution in [3.05, 3.63) is 33.1 Å². The van der Waals surface area contributed by atoms with Crippen LogP contribution in [0.4, 0.5) is 0 Å². The summed E-state index contributed by atoms with van der Waals surface area (Å²) in [5.74, 6) is 0. The Kier molecular flexibility index (Phi) is 5.47. The molecular formula is C15H23N3O6. The van der Waals surface area contributed by atoms with E-state index in [1.54, 1.807) is 14.2 Å². The Hall–Kier alpha value is -1.52. The molecule has 9 nitrogen and oxygen atoms in total. The molecule has 2 aliphatic heterocycles. The van der Waals surface area contributed by atoms with Crippen LogP contribution >= 0.6 is 0 Å². The molecule has 3 rings (SSSR count). The van der Waals surface area contributed by atoms with E-state index in [9.17, 15) is 9.59 Å². The minimum absolute atomic E-state index is 0.248. The van der Waals surface area contributed by atoms with E-state index in [1.807, 2.05) is 0 Å². The first-order valence-corrected chi connectivity index (χ1v) is 7.96. The average molecular weight is 341 g/mol. The molecule has 4 atom stereocenters. The summed E-state index contributed by atoms with van der Waals surface area (Å²) >= 11 is 0. The lowest BCUT2D eigenvalue weighted by atomic mass is 10.1. The Morgan fingerprint density at radius 1 is 1.21 bits per heavy atom. The molecule has 0 radical (unpaired) electrons. The van der Waals surface area contributed by atoms with Crippen molar-refractivity contribution < 1.29 is 18.9 Å². The molecule has 0 aliphatic carbocycles. The molecule has 0 saturated carbocycles. The zero-order valence-electron chi connectivity index (χ0n) is 13.8. The Bertz CT molecular complexity index is 653. The number of aromatic nitrogens is 2. The van der Waals surface area contributed by atoms with Crippen LogP contribution in [0.1, 0.15) is 6.23 Å². The number of morpholine rings is 1. The predicted octanol–water partition coefficient (Wildman–Crippen LogP) is -1.20. The van der Waals surface area contributed by atoms with E-state index in [0.29, 0.717) is 19.8 Å². The highest BCUT2D eigenvalue weighted by atomic mass is 16.6. The fourth-order valence-electron chi connectivity index (χ4n) is 3.28. The normalized spacial score (nSPS) is 31.4. The third-order valence-electron chi connectivity index (χ3n) is 4.50. The van der Waals surface area contributed by atoms with Crippen molar-refractivity contribution in [3.63, 3.8) is 0 Å². The van der Waals surface area contributed by atoms with Gasteiger partial charge in [0.15, 0.2) is 6.23 Å². The van der Waals surface area contributed by atoms with Crippen LogP contribution < -0.4 is 11.2 Å². The van der Waals surface area contributed by atoms with Crippen molar-refractivity contribution in [2.45, 2.75) is 24.5 Å². The number of nitrogens with zero attached hydrogens (tertiary/aromatic N) is 2. The molecule has 9 heteroatoms. The number of rotatable bonds is 5. The molecule has 0 spiro atoms. The van der Waals surface area contributed by atoms with Gasteiger partial charge < -0.3 is 18.9 Å². The highest BCUT2D eigenvalue weighted by Crippen LogP contribution is 2.32. The standard InChI is InChI=1S/C15H23N3O6/c1-21-12-10(9-17-5-7-23-8-6-17)24-14(13(12)22-2)18-4-3-11(19)16-15(18)20/h3-4,10,12-14H,5-9H2,1-2H3,(H,16,19,20)/t10-,12+,13?,14-/m1/s1. The monoisotopic (exact) mass is 341 g/mol. The maximum atomic E-state index is 12.1. The molecule has 134 valence electrons. The Morgan fingerprint density at radius 3 is 2.54 bits per heavy atom.